The lowest BCUT2D eigenvalue weighted by Crippen LogP contribution is -2.17. The number of hydrogen-bond acceptors (Lipinski definition) is 4. The van der Waals surface area contributed by atoms with E-state index in [1.54, 1.807) is 66.1 Å². The van der Waals surface area contributed by atoms with Gasteiger partial charge in [-0.2, -0.15) is 10.2 Å². The number of benzene rings is 1. The molecule has 1 aromatic carbocycles. The fourth-order valence-electron chi connectivity index (χ4n) is 2.67. The van der Waals surface area contributed by atoms with Crippen molar-refractivity contribution in [1.82, 2.24) is 19.6 Å². The highest BCUT2D eigenvalue weighted by Crippen LogP contribution is 2.17. The molecule has 26 heavy (non-hydrogen) atoms. The molecular formula is C18H20N6O2. The molecule has 0 atom stereocenters. The van der Waals surface area contributed by atoms with Crippen LogP contribution < -0.4 is 10.6 Å². The van der Waals surface area contributed by atoms with Crippen molar-refractivity contribution in [2.45, 2.75) is 20.4 Å². The standard InChI is InChI=1S/C18H20N6O2/c1-4-24-16(8-9-19-24)18(26)21-14-7-5-6-13(10-14)20-17(25)15-11-23(3)22-12(15)2/h5-11H,4H2,1-3H3,(H,20,25)(H,21,26). The number of anilines is 2. The van der Waals surface area contributed by atoms with Gasteiger partial charge >= 0.3 is 0 Å². The van der Waals surface area contributed by atoms with E-state index in [9.17, 15) is 9.59 Å². The Balaban J connectivity index is 1.73. The van der Waals surface area contributed by atoms with Gasteiger partial charge in [-0.1, -0.05) is 6.07 Å². The van der Waals surface area contributed by atoms with Crippen LogP contribution in [0.3, 0.4) is 0 Å². The Morgan fingerprint density at radius 1 is 1.12 bits per heavy atom. The highest BCUT2D eigenvalue weighted by Gasteiger charge is 2.14. The van der Waals surface area contributed by atoms with E-state index >= 15 is 0 Å². The Labute approximate surface area is 150 Å². The molecule has 2 heterocycles. The van der Waals surface area contributed by atoms with E-state index in [1.807, 2.05) is 6.92 Å². The zero-order valence-corrected chi connectivity index (χ0v) is 14.9. The Bertz CT molecular complexity index is 956. The molecule has 3 rings (SSSR count). The average molecular weight is 352 g/mol. The molecule has 0 unspecified atom stereocenters. The zero-order chi connectivity index (χ0) is 18.7. The van der Waals surface area contributed by atoms with Crippen LogP contribution in [0.2, 0.25) is 0 Å². The van der Waals surface area contributed by atoms with Crippen LogP contribution in [-0.4, -0.2) is 31.4 Å². The predicted molar refractivity (Wildman–Crippen MR) is 98.2 cm³/mol. The largest absolute Gasteiger partial charge is 0.322 e. The smallest absolute Gasteiger partial charge is 0.273 e. The van der Waals surface area contributed by atoms with Crippen molar-refractivity contribution in [2.24, 2.45) is 7.05 Å². The lowest BCUT2D eigenvalue weighted by Gasteiger charge is -2.09. The molecular weight excluding hydrogens is 332 g/mol. The second kappa shape index (κ2) is 7.22. The summed E-state index contributed by atoms with van der Waals surface area (Å²) in [6.07, 6.45) is 3.26. The monoisotopic (exact) mass is 352 g/mol. The van der Waals surface area contributed by atoms with Crippen molar-refractivity contribution in [2.75, 3.05) is 10.6 Å². The van der Waals surface area contributed by atoms with Crippen molar-refractivity contribution < 1.29 is 9.59 Å². The van der Waals surface area contributed by atoms with Gasteiger partial charge in [-0.15, -0.1) is 0 Å². The van der Waals surface area contributed by atoms with Crippen molar-refractivity contribution in [3.8, 4) is 0 Å². The third-order valence-corrected chi connectivity index (χ3v) is 3.89. The quantitative estimate of drug-likeness (QED) is 0.737. The normalized spacial score (nSPS) is 10.6. The van der Waals surface area contributed by atoms with E-state index in [0.29, 0.717) is 34.9 Å². The molecule has 2 aromatic heterocycles. The fourth-order valence-corrected chi connectivity index (χ4v) is 2.67. The van der Waals surface area contributed by atoms with Crippen LogP contribution in [-0.2, 0) is 13.6 Å². The number of nitrogens with one attached hydrogen (secondary N) is 2. The maximum absolute atomic E-state index is 12.4. The summed E-state index contributed by atoms with van der Waals surface area (Å²) in [7, 11) is 1.76. The van der Waals surface area contributed by atoms with E-state index < -0.39 is 0 Å². The number of nitrogens with zero attached hydrogens (tertiary/aromatic N) is 4. The molecule has 0 saturated heterocycles. The van der Waals surface area contributed by atoms with Gasteiger partial charge in [-0.3, -0.25) is 19.0 Å². The number of rotatable bonds is 5. The maximum Gasteiger partial charge on any atom is 0.273 e. The minimum atomic E-state index is -0.254. The van der Waals surface area contributed by atoms with Crippen LogP contribution in [0.4, 0.5) is 11.4 Å². The van der Waals surface area contributed by atoms with Gasteiger partial charge < -0.3 is 10.6 Å². The average Bonchev–Trinajstić information content (AvgIpc) is 3.21. The van der Waals surface area contributed by atoms with Gasteiger partial charge in [-0.05, 0) is 38.1 Å². The molecule has 8 heteroatoms. The lowest BCUT2D eigenvalue weighted by molar-refractivity contribution is 0.101. The molecule has 0 aliphatic rings. The van der Waals surface area contributed by atoms with Crippen LogP contribution >= 0.6 is 0 Å². The molecule has 134 valence electrons. The first kappa shape index (κ1) is 17.4. The highest BCUT2D eigenvalue weighted by atomic mass is 16.2. The Kier molecular flexibility index (Phi) is 4.83. The van der Waals surface area contributed by atoms with Gasteiger partial charge in [0, 0.05) is 37.4 Å². The number of carbonyl (C=O) groups is 2. The topological polar surface area (TPSA) is 93.8 Å². The Morgan fingerprint density at radius 3 is 2.42 bits per heavy atom. The molecule has 0 aliphatic heterocycles. The van der Waals surface area contributed by atoms with E-state index in [0.717, 1.165) is 0 Å². The van der Waals surface area contributed by atoms with Crippen LogP contribution in [0.1, 0.15) is 33.5 Å². The second-order valence-electron chi connectivity index (χ2n) is 5.82. The number of carbonyl (C=O) groups excluding carboxylic acids is 2. The Morgan fingerprint density at radius 2 is 1.81 bits per heavy atom. The van der Waals surface area contributed by atoms with Crippen molar-refractivity contribution in [1.29, 1.82) is 0 Å². The number of hydrogen-bond donors (Lipinski definition) is 2. The van der Waals surface area contributed by atoms with Crippen molar-refractivity contribution in [3.05, 3.63) is 59.7 Å². The number of amides is 2. The van der Waals surface area contributed by atoms with Crippen LogP contribution in [0.5, 0.6) is 0 Å². The molecule has 0 radical (unpaired) electrons. The first-order valence-electron chi connectivity index (χ1n) is 8.22. The summed E-state index contributed by atoms with van der Waals surface area (Å²) in [5, 5.41) is 13.9. The summed E-state index contributed by atoms with van der Waals surface area (Å²) >= 11 is 0. The first-order valence-corrected chi connectivity index (χ1v) is 8.22. The van der Waals surface area contributed by atoms with Crippen molar-refractivity contribution >= 4 is 23.2 Å². The maximum atomic E-state index is 12.4. The van der Waals surface area contributed by atoms with Gasteiger partial charge in [-0.25, -0.2) is 0 Å². The minimum absolute atomic E-state index is 0.247. The van der Waals surface area contributed by atoms with Crippen LogP contribution in [0, 0.1) is 6.92 Å². The second-order valence-corrected chi connectivity index (χ2v) is 5.82. The molecule has 3 aromatic rings. The van der Waals surface area contributed by atoms with E-state index in [4.69, 9.17) is 0 Å². The molecule has 0 aliphatic carbocycles. The van der Waals surface area contributed by atoms with Crippen LogP contribution in [0.25, 0.3) is 0 Å². The highest BCUT2D eigenvalue weighted by molar-refractivity contribution is 6.06. The van der Waals surface area contributed by atoms with Gasteiger partial charge in [0.25, 0.3) is 11.8 Å². The number of aromatic nitrogens is 4. The lowest BCUT2D eigenvalue weighted by atomic mass is 10.2. The van der Waals surface area contributed by atoms with Gasteiger partial charge in [0.15, 0.2) is 0 Å². The van der Waals surface area contributed by atoms with Gasteiger partial charge in [0.2, 0.25) is 0 Å². The molecule has 0 fully saturated rings. The molecule has 8 nitrogen and oxygen atoms in total. The van der Waals surface area contributed by atoms with Gasteiger partial charge in [0.05, 0.1) is 11.3 Å². The third-order valence-electron chi connectivity index (χ3n) is 3.89. The number of aryl methyl sites for hydroxylation is 3. The summed E-state index contributed by atoms with van der Waals surface area (Å²) < 4.78 is 3.21. The zero-order valence-electron chi connectivity index (χ0n) is 14.9. The molecule has 0 saturated carbocycles. The van der Waals surface area contributed by atoms with E-state index in [1.165, 1.54) is 0 Å². The van der Waals surface area contributed by atoms with Crippen LogP contribution in [0.15, 0.2) is 42.7 Å². The first-order chi connectivity index (χ1) is 12.5. The fraction of sp³-hybridized carbons (Fsp3) is 0.222. The van der Waals surface area contributed by atoms with E-state index in [2.05, 4.69) is 20.8 Å². The van der Waals surface area contributed by atoms with Gasteiger partial charge in [0.1, 0.15) is 5.69 Å². The minimum Gasteiger partial charge on any atom is -0.322 e. The van der Waals surface area contributed by atoms with Crippen molar-refractivity contribution in [3.63, 3.8) is 0 Å². The summed E-state index contributed by atoms with van der Waals surface area (Å²) in [4.78, 5) is 24.8. The molecule has 0 spiro atoms. The third kappa shape index (κ3) is 3.64. The summed E-state index contributed by atoms with van der Waals surface area (Å²) in [5.74, 6) is -0.501. The molecule has 2 N–H and O–H groups in total. The molecule has 2 amide bonds. The summed E-state index contributed by atoms with van der Waals surface area (Å²) in [6.45, 7) is 4.30. The molecule has 0 bridgehead atoms. The SMILES string of the molecule is CCn1nccc1C(=O)Nc1cccc(NC(=O)c2cn(C)nc2C)c1. The van der Waals surface area contributed by atoms with E-state index in [-0.39, 0.29) is 11.8 Å². The summed E-state index contributed by atoms with van der Waals surface area (Å²) in [5.41, 5.74) is 2.81. The Hall–Kier alpha value is -3.42. The summed E-state index contributed by atoms with van der Waals surface area (Å²) in [6, 6.07) is 8.65. The predicted octanol–water partition coefficient (Wildman–Crippen LogP) is 2.45.